The summed E-state index contributed by atoms with van der Waals surface area (Å²) in [6.07, 6.45) is 7.51. The Labute approximate surface area is 113 Å². The molecular formula is C13H21N5O. The second kappa shape index (κ2) is 6.38. The van der Waals surface area contributed by atoms with Crippen molar-refractivity contribution in [3.63, 3.8) is 0 Å². The Kier molecular flexibility index (Phi) is 4.57. The van der Waals surface area contributed by atoms with E-state index in [9.17, 15) is 0 Å². The van der Waals surface area contributed by atoms with E-state index in [2.05, 4.69) is 33.8 Å². The quantitative estimate of drug-likeness (QED) is 0.827. The predicted molar refractivity (Wildman–Crippen MR) is 74.1 cm³/mol. The van der Waals surface area contributed by atoms with E-state index in [-0.39, 0.29) is 12.1 Å². The first-order valence-electron chi connectivity index (χ1n) is 6.46. The summed E-state index contributed by atoms with van der Waals surface area (Å²) in [4.78, 5) is 4.36. The molecule has 104 valence electrons. The van der Waals surface area contributed by atoms with Gasteiger partial charge >= 0.3 is 0 Å². The molecule has 0 amide bonds. The molecule has 2 rings (SSSR count). The number of hydrogen-bond donors (Lipinski definition) is 1. The van der Waals surface area contributed by atoms with Gasteiger partial charge in [0.15, 0.2) is 0 Å². The summed E-state index contributed by atoms with van der Waals surface area (Å²) in [7, 11) is 1.71. The van der Waals surface area contributed by atoms with Gasteiger partial charge in [0.25, 0.3) is 0 Å². The van der Waals surface area contributed by atoms with E-state index in [1.54, 1.807) is 19.5 Å². The highest BCUT2D eigenvalue weighted by atomic mass is 16.5. The molecule has 19 heavy (non-hydrogen) atoms. The van der Waals surface area contributed by atoms with Crippen LogP contribution in [0.1, 0.15) is 19.9 Å². The molecule has 0 aliphatic rings. The average Bonchev–Trinajstić information content (AvgIpc) is 3.00. The zero-order chi connectivity index (χ0) is 13.7. The van der Waals surface area contributed by atoms with Gasteiger partial charge in [0.2, 0.25) is 5.95 Å². The fourth-order valence-electron chi connectivity index (χ4n) is 2.06. The molecule has 1 N–H and O–H groups in total. The molecule has 0 saturated carbocycles. The number of nitrogens with one attached hydrogen (secondary N) is 1. The van der Waals surface area contributed by atoms with Gasteiger partial charge in [0, 0.05) is 37.9 Å². The lowest BCUT2D eigenvalue weighted by molar-refractivity contribution is 0.163. The van der Waals surface area contributed by atoms with Gasteiger partial charge in [-0.3, -0.25) is 4.68 Å². The lowest BCUT2D eigenvalue weighted by atomic mass is 10.3. The molecule has 2 atom stereocenters. The van der Waals surface area contributed by atoms with Crippen LogP contribution >= 0.6 is 0 Å². The predicted octanol–water partition coefficient (Wildman–Crippen LogP) is 1.79. The van der Waals surface area contributed by atoms with E-state index < -0.39 is 0 Å². The standard InChI is InChI=1S/C13H21N5O/c1-11(9-17-7-4-5-15-17)16-13-14-6-8-18(13)12(2)10-19-3/h4-8,11-12H,9-10H2,1-3H3,(H,14,16). The van der Waals surface area contributed by atoms with Crippen molar-refractivity contribution in [3.05, 3.63) is 30.9 Å². The van der Waals surface area contributed by atoms with Gasteiger partial charge in [-0.15, -0.1) is 0 Å². The summed E-state index contributed by atoms with van der Waals surface area (Å²) in [5.74, 6) is 0.865. The minimum Gasteiger partial charge on any atom is -0.383 e. The Morgan fingerprint density at radius 2 is 2.16 bits per heavy atom. The van der Waals surface area contributed by atoms with Crippen molar-refractivity contribution in [1.82, 2.24) is 19.3 Å². The minimum absolute atomic E-state index is 0.246. The third kappa shape index (κ3) is 3.57. The third-order valence-corrected chi connectivity index (χ3v) is 2.95. The zero-order valence-corrected chi connectivity index (χ0v) is 11.7. The second-order valence-electron chi connectivity index (χ2n) is 4.74. The SMILES string of the molecule is COCC(C)n1ccnc1NC(C)Cn1cccn1. The van der Waals surface area contributed by atoms with Crippen molar-refractivity contribution in [2.45, 2.75) is 32.5 Å². The van der Waals surface area contributed by atoms with Gasteiger partial charge in [0.05, 0.1) is 19.2 Å². The van der Waals surface area contributed by atoms with Gasteiger partial charge < -0.3 is 14.6 Å². The normalized spacial score (nSPS) is 14.3. The Morgan fingerprint density at radius 3 is 2.84 bits per heavy atom. The summed E-state index contributed by atoms with van der Waals surface area (Å²) in [5, 5.41) is 7.61. The summed E-state index contributed by atoms with van der Waals surface area (Å²) >= 11 is 0. The molecule has 0 radical (unpaired) electrons. The molecule has 2 heterocycles. The van der Waals surface area contributed by atoms with Crippen LogP contribution in [0.3, 0.4) is 0 Å². The van der Waals surface area contributed by atoms with E-state index >= 15 is 0 Å². The average molecular weight is 263 g/mol. The molecule has 2 aromatic rings. The van der Waals surface area contributed by atoms with Crippen molar-refractivity contribution in [1.29, 1.82) is 0 Å². The maximum Gasteiger partial charge on any atom is 0.203 e. The Morgan fingerprint density at radius 1 is 1.32 bits per heavy atom. The highest BCUT2D eigenvalue weighted by Crippen LogP contribution is 2.14. The van der Waals surface area contributed by atoms with Crippen LogP contribution in [0.5, 0.6) is 0 Å². The number of hydrogen-bond acceptors (Lipinski definition) is 4. The van der Waals surface area contributed by atoms with Crippen molar-refractivity contribution in [2.75, 3.05) is 19.0 Å². The van der Waals surface area contributed by atoms with Crippen LogP contribution in [0.2, 0.25) is 0 Å². The molecular weight excluding hydrogens is 242 g/mol. The summed E-state index contributed by atoms with van der Waals surface area (Å²) < 4.78 is 9.17. The lowest BCUT2D eigenvalue weighted by Crippen LogP contribution is -2.25. The fraction of sp³-hybridized carbons (Fsp3) is 0.538. The maximum atomic E-state index is 5.18. The summed E-state index contributed by atoms with van der Waals surface area (Å²) in [6.45, 7) is 5.69. The maximum absolute atomic E-state index is 5.18. The van der Waals surface area contributed by atoms with Gasteiger partial charge in [0.1, 0.15) is 0 Å². The molecule has 0 fully saturated rings. The van der Waals surface area contributed by atoms with Crippen LogP contribution < -0.4 is 5.32 Å². The number of aromatic nitrogens is 4. The highest BCUT2D eigenvalue weighted by Gasteiger charge is 2.12. The van der Waals surface area contributed by atoms with Crippen LogP contribution in [-0.2, 0) is 11.3 Å². The number of nitrogens with zero attached hydrogens (tertiary/aromatic N) is 4. The zero-order valence-electron chi connectivity index (χ0n) is 11.7. The van der Waals surface area contributed by atoms with E-state index in [0.29, 0.717) is 6.61 Å². The monoisotopic (exact) mass is 263 g/mol. The first-order chi connectivity index (χ1) is 9.20. The van der Waals surface area contributed by atoms with E-state index in [1.807, 2.05) is 23.1 Å². The topological polar surface area (TPSA) is 56.9 Å². The fourth-order valence-corrected chi connectivity index (χ4v) is 2.06. The van der Waals surface area contributed by atoms with Crippen molar-refractivity contribution < 1.29 is 4.74 Å². The van der Waals surface area contributed by atoms with E-state index in [0.717, 1.165) is 12.5 Å². The van der Waals surface area contributed by atoms with Crippen LogP contribution in [0.4, 0.5) is 5.95 Å². The first kappa shape index (κ1) is 13.6. The largest absolute Gasteiger partial charge is 0.383 e. The van der Waals surface area contributed by atoms with E-state index in [4.69, 9.17) is 4.74 Å². The first-order valence-corrected chi connectivity index (χ1v) is 6.46. The molecule has 0 bridgehead atoms. The molecule has 0 spiro atoms. The van der Waals surface area contributed by atoms with Crippen molar-refractivity contribution in [2.24, 2.45) is 0 Å². The van der Waals surface area contributed by atoms with Gasteiger partial charge in [-0.1, -0.05) is 0 Å². The number of anilines is 1. The molecule has 0 aliphatic carbocycles. The number of imidazole rings is 1. The number of ether oxygens (including phenoxy) is 1. The molecule has 0 aliphatic heterocycles. The van der Waals surface area contributed by atoms with Crippen molar-refractivity contribution in [3.8, 4) is 0 Å². The minimum atomic E-state index is 0.246. The Balaban J connectivity index is 1.97. The third-order valence-electron chi connectivity index (χ3n) is 2.95. The second-order valence-corrected chi connectivity index (χ2v) is 4.74. The van der Waals surface area contributed by atoms with Crippen LogP contribution in [0, 0.1) is 0 Å². The Hall–Kier alpha value is -1.82. The molecule has 0 saturated heterocycles. The summed E-state index contributed by atoms with van der Waals surface area (Å²) in [5.41, 5.74) is 0. The van der Waals surface area contributed by atoms with Gasteiger partial charge in [-0.2, -0.15) is 5.10 Å². The molecule has 2 unspecified atom stereocenters. The Bertz CT molecular complexity index is 479. The van der Waals surface area contributed by atoms with Gasteiger partial charge in [-0.05, 0) is 19.9 Å². The molecule has 0 aromatic carbocycles. The number of rotatable bonds is 7. The molecule has 2 aromatic heterocycles. The van der Waals surface area contributed by atoms with Crippen LogP contribution in [0.15, 0.2) is 30.9 Å². The molecule has 6 nitrogen and oxygen atoms in total. The molecule has 6 heteroatoms. The highest BCUT2D eigenvalue weighted by molar-refractivity contribution is 5.28. The van der Waals surface area contributed by atoms with Crippen molar-refractivity contribution >= 4 is 5.95 Å². The summed E-state index contributed by atoms with van der Waals surface area (Å²) in [6, 6.07) is 2.43. The van der Waals surface area contributed by atoms with Crippen LogP contribution in [0.25, 0.3) is 0 Å². The lowest BCUT2D eigenvalue weighted by Gasteiger charge is -2.19. The van der Waals surface area contributed by atoms with Gasteiger partial charge in [-0.25, -0.2) is 4.98 Å². The smallest absolute Gasteiger partial charge is 0.203 e. The van der Waals surface area contributed by atoms with Crippen LogP contribution in [-0.4, -0.2) is 39.1 Å². The number of methoxy groups -OCH3 is 1. The van der Waals surface area contributed by atoms with E-state index in [1.165, 1.54) is 0 Å².